The quantitative estimate of drug-likeness (QED) is 0.140. The van der Waals surface area contributed by atoms with E-state index in [9.17, 15) is 25.8 Å². The molecule has 0 N–H and O–H groups in total. The lowest BCUT2D eigenvalue weighted by Crippen LogP contribution is -2.29. The predicted molar refractivity (Wildman–Crippen MR) is 246 cm³/mol. The van der Waals surface area contributed by atoms with Gasteiger partial charge in [-0.05, 0) is 93.5 Å². The summed E-state index contributed by atoms with van der Waals surface area (Å²) < 4.78 is 1.95. The SMILES string of the molecule is CN(C(=O)c1c(C=O)cccc1-n1c2cc(-c3ccc(C#N)cc3C#N)ccc2c2ccc(-c3ccc(C#N)cc3C#N)cc21)c1ccc(-c2ccccc2)cc1-c1ccccc1. The van der Waals surface area contributed by atoms with Gasteiger partial charge in [0.05, 0.1) is 74.5 Å². The summed E-state index contributed by atoms with van der Waals surface area (Å²) in [5.41, 5.74) is 10.6. The number of aromatic nitrogens is 1. The van der Waals surface area contributed by atoms with Crippen LogP contribution in [0.2, 0.25) is 0 Å². The van der Waals surface area contributed by atoms with Crippen LogP contribution in [0.5, 0.6) is 0 Å². The van der Waals surface area contributed by atoms with Crippen LogP contribution >= 0.6 is 0 Å². The highest BCUT2D eigenvalue weighted by Gasteiger charge is 2.27. The topological polar surface area (TPSA) is 137 Å². The largest absolute Gasteiger partial charge is 0.311 e. The monoisotopic (exact) mass is 808 g/mol. The molecule has 63 heavy (non-hydrogen) atoms. The van der Waals surface area contributed by atoms with E-state index in [4.69, 9.17) is 0 Å². The molecule has 9 rings (SSSR count). The maximum absolute atomic E-state index is 15.3. The highest BCUT2D eigenvalue weighted by Crippen LogP contribution is 2.41. The van der Waals surface area contributed by atoms with Crippen LogP contribution in [0, 0.1) is 45.3 Å². The van der Waals surface area contributed by atoms with E-state index in [1.54, 1.807) is 60.5 Å². The number of fused-ring (bicyclic) bond motifs is 3. The molecule has 0 spiro atoms. The molecule has 0 saturated carbocycles. The molecule has 0 atom stereocenters. The number of nitrogens with zero attached hydrogens (tertiary/aromatic N) is 6. The van der Waals surface area contributed by atoms with Gasteiger partial charge in [0.1, 0.15) is 0 Å². The van der Waals surface area contributed by atoms with Crippen molar-refractivity contribution >= 4 is 39.7 Å². The highest BCUT2D eigenvalue weighted by molar-refractivity contribution is 6.16. The number of carbonyl (C=O) groups is 2. The second-order valence-corrected chi connectivity index (χ2v) is 15.0. The first-order valence-corrected chi connectivity index (χ1v) is 19.9. The third-order valence-corrected chi connectivity index (χ3v) is 11.4. The molecule has 9 aromatic rings. The van der Waals surface area contributed by atoms with Crippen LogP contribution in [-0.4, -0.2) is 23.8 Å². The molecule has 1 amide bonds. The lowest BCUT2D eigenvalue weighted by atomic mass is 9.96. The first kappa shape index (κ1) is 39.1. The van der Waals surface area contributed by atoms with Crippen LogP contribution in [-0.2, 0) is 0 Å². The summed E-state index contributed by atoms with van der Waals surface area (Å²) in [5.74, 6) is -0.419. The number of aldehydes is 1. The Morgan fingerprint density at radius 1 is 0.508 bits per heavy atom. The first-order chi connectivity index (χ1) is 30.8. The Bertz CT molecular complexity index is 3370. The molecular weight excluding hydrogens is 777 g/mol. The highest BCUT2D eigenvalue weighted by atomic mass is 16.2. The van der Waals surface area contributed by atoms with Crippen molar-refractivity contribution in [1.29, 1.82) is 21.0 Å². The van der Waals surface area contributed by atoms with Crippen molar-refractivity contribution in [2.45, 2.75) is 0 Å². The zero-order valence-electron chi connectivity index (χ0n) is 33.7. The lowest BCUT2D eigenvalue weighted by Gasteiger charge is -2.24. The number of anilines is 1. The minimum absolute atomic E-state index is 0.169. The summed E-state index contributed by atoms with van der Waals surface area (Å²) in [7, 11) is 1.71. The molecule has 8 heteroatoms. The summed E-state index contributed by atoms with van der Waals surface area (Å²) >= 11 is 0. The van der Waals surface area contributed by atoms with Crippen molar-refractivity contribution in [3.8, 4) is 74.5 Å². The molecule has 0 fully saturated rings. The lowest BCUT2D eigenvalue weighted by molar-refractivity contribution is 0.0986. The second-order valence-electron chi connectivity index (χ2n) is 15.0. The average molecular weight is 809 g/mol. The van der Waals surface area contributed by atoms with Gasteiger partial charge in [-0.2, -0.15) is 21.0 Å². The van der Waals surface area contributed by atoms with E-state index in [0.717, 1.165) is 33.0 Å². The third kappa shape index (κ3) is 6.93. The molecule has 0 saturated heterocycles. The van der Waals surface area contributed by atoms with Gasteiger partial charge >= 0.3 is 0 Å². The van der Waals surface area contributed by atoms with Gasteiger partial charge in [0, 0.05) is 28.9 Å². The Balaban J connectivity index is 1.30. The number of hydrogen-bond acceptors (Lipinski definition) is 6. The number of benzene rings is 8. The zero-order valence-corrected chi connectivity index (χ0v) is 33.7. The molecule has 0 aliphatic heterocycles. The maximum Gasteiger partial charge on any atom is 0.260 e. The number of hydrogen-bond donors (Lipinski definition) is 0. The van der Waals surface area contributed by atoms with Crippen molar-refractivity contribution in [3.05, 3.63) is 203 Å². The average Bonchev–Trinajstić information content (AvgIpc) is 3.68. The van der Waals surface area contributed by atoms with Crippen molar-refractivity contribution in [3.63, 3.8) is 0 Å². The number of rotatable bonds is 8. The number of carbonyl (C=O) groups excluding carboxylic acids is 2. The Hall–Kier alpha value is -9.34. The molecule has 0 aliphatic carbocycles. The first-order valence-electron chi connectivity index (χ1n) is 19.9. The van der Waals surface area contributed by atoms with Crippen LogP contribution in [0.25, 0.3) is 72.0 Å². The summed E-state index contributed by atoms with van der Waals surface area (Å²) in [5, 5.41) is 41.1. The molecule has 0 aliphatic rings. The van der Waals surface area contributed by atoms with Gasteiger partial charge in [-0.15, -0.1) is 0 Å². The molecule has 0 unspecified atom stereocenters. The normalized spacial score (nSPS) is 10.7. The van der Waals surface area contributed by atoms with E-state index < -0.39 is 5.91 Å². The predicted octanol–water partition coefficient (Wildman–Crippen LogP) is 12.0. The van der Waals surface area contributed by atoms with Gasteiger partial charge < -0.3 is 9.47 Å². The summed E-state index contributed by atoms with van der Waals surface area (Å²) in [6.45, 7) is 0. The summed E-state index contributed by atoms with van der Waals surface area (Å²) in [6.07, 6.45) is 0.692. The van der Waals surface area contributed by atoms with Gasteiger partial charge in [-0.3, -0.25) is 9.59 Å². The van der Waals surface area contributed by atoms with E-state index in [0.29, 0.717) is 73.2 Å². The van der Waals surface area contributed by atoms with E-state index in [1.165, 1.54) is 0 Å². The van der Waals surface area contributed by atoms with Crippen LogP contribution in [0.1, 0.15) is 43.0 Å². The fourth-order valence-electron chi connectivity index (χ4n) is 8.37. The van der Waals surface area contributed by atoms with Crippen molar-refractivity contribution in [1.82, 2.24) is 4.57 Å². The van der Waals surface area contributed by atoms with Gasteiger partial charge in [-0.25, -0.2) is 0 Å². The molecule has 0 bridgehead atoms. The number of nitriles is 4. The molecule has 1 aromatic heterocycles. The third-order valence-electron chi connectivity index (χ3n) is 11.4. The minimum Gasteiger partial charge on any atom is -0.311 e. The molecule has 0 radical (unpaired) electrons. The van der Waals surface area contributed by atoms with Gasteiger partial charge in [0.25, 0.3) is 5.91 Å². The smallest absolute Gasteiger partial charge is 0.260 e. The fraction of sp³-hybridized carbons (Fsp3) is 0.0182. The molecular formula is C55H32N6O2. The Morgan fingerprint density at radius 3 is 1.57 bits per heavy atom. The molecule has 8 aromatic carbocycles. The Kier molecular flexibility index (Phi) is 10.2. The maximum atomic E-state index is 15.3. The summed E-state index contributed by atoms with van der Waals surface area (Å²) in [4.78, 5) is 30.0. The zero-order chi connectivity index (χ0) is 43.6. The minimum atomic E-state index is -0.419. The van der Waals surface area contributed by atoms with Crippen molar-refractivity contribution < 1.29 is 9.59 Å². The fourth-order valence-corrected chi connectivity index (χ4v) is 8.37. The Labute approximate surface area is 363 Å². The van der Waals surface area contributed by atoms with E-state index in [1.807, 2.05) is 120 Å². The van der Waals surface area contributed by atoms with Gasteiger partial charge in [0.2, 0.25) is 0 Å². The molecule has 8 nitrogen and oxygen atoms in total. The Morgan fingerprint density at radius 2 is 1.05 bits per heavy atom. The van der Waals surface area contributed by atoms with Crippen molar-refractivity contribution in [2.24, 2.45) is 0 Å². The van der Waals surface area contributed by atoms with Gasteiger partial charge in [-0.1, -0.05) is 115 Å². The van der Waals surface area contributed by atoms with E-state index >= 15 is 4.79 Å². The van der Waals surface area contributed by atoms with E-state index in [2.05, 4.69) is 30.3 Å². The second kappa shape index (κ2) is 16.4. The van der Waals surface area contributed by atoms with Crippen LogP contribution < -0.4 is 4.90 Å². The van der Waals surface area contributed by atoms with Crippen LogP contribution in [0.4, 0.5) is 5.69 Å². The van der Waals surface area contributed by atoms with Crippen molar-refractivity contribution in [2.75, 3.05) is 11.9 Å². The standard InChI is InChI=1S/C55H32N6O2/c1-60(50-24-19-39(37-9-4-2-5-10-37)27-49(50)38-11-6-3-7-12-38)55(63)54-42(34-62)13-8-14-51(54)61-52-28-40(45-20-15-35(30-56)25-43(45)32-58)17-22-47(52)48-23-18-41(29-53(48)61)46-21-16-36(31-57)26-44(46)33-59/h2-29,34H,1H3. The van der Waals surface area contributed by atoms with Crippen LogP contribution in [0.3, 0.4) is 0 Å². The molecule has 294 valence electrons. The summed E-state index contributed by atoms with van der Waals surface area (Å²) in [6, 6.07) is 61.3. The molecule has 1 heterocycles. The van der Waals surface area contributed by atoms with Gasteiger partial charge in [0.15, 0.2) is 6.29 Å². The number of amides is 1. The van der Waals surface area contributed by atoms with Crippen LogP contribution in [0.15, 0.2) is 170 Å². The van der Waals surface area contributed by atoms with E-state index in [-0.39, 0.29) is 11.1 Å².